The molecule has 1 aliphatic heterocycles. The summed E-state index contributed by atoms with van der Waals surface area (Å²) < 4.78 is 32.7. The molecule has 124 valence electrons. The first-order chi connectivity index (χ1) is 11.7. The molecule has 0 aromatic heterocycles. The Bertz CT molecular complexity index is 759. The quantitative estimate of drug-likeness (QED) is 0.779. The second kappa shape index (κ2) is 7.25. The smallest absolute Gasteiger partial charge is 0.212 e. The highest BCUT2D eigenvalue weighted by Crippen LogP contribution is 2.26. The second-order valence-electron chi connectivity index (χ2n) is 5.47. The largest absolute Gasteiger partial charge is 0.462 e. The van der Waals surface area contributed by atoms with Gasteiger partial charge >= 0.3 is 0 Å². The van der Waals surface area contributed by atoms with Gasteiger partial charge in [-0.05, 0) is 30.7 Å². The van der Waals surface area contributed by atoms with E-state index in [1.807, 2.05) is 41.4 Å². The van der Waals surface area contributed by atoms with E-state index < -0.39 is 17.9 Å². The monoisotopic (exact) mass is 328 g/mol. The number of halogens is 2. The molecule has 0 aliphatic carbocycles. The molecule has 0 radical (unpaired) electrons. The molecule has 2 aromatic carbocycles. The Morgan fingerprint density at radius 3 is 2.62 bits per heavy atom. The van der Waals surface area contributed by atoms with E-state index >= 15 is 0 Å². The maximum atomic E-state index is 13.9. The van der Waals surface area contributed by atoms with Gasteiger partial charge in [-0.15, -0.1) is 0 Å². The van der Waals surface area contributed by atoms with Gasteiger partial charge in [0.1, 0.15) is 5.82 Å². The van der Waals surface area contributed by atoms with Crippen LogP contribution in [0.5, 0.6) is 5.75 Å². The maximum Gasteiger partial charge on any atom is 0.212 e. The van der Waals surface area contributed by atoms with E-state index in [-0.39, 0.29) is 5.75 Å². The minimum atomic E-state index is -0.736. The van der Waals surface area contributed by atoms with Crippen LogP contribution in [-0.2, 0) is 0 Å². The van der Waals surface area contributed by atoms with Gasteiger partial charge < -0.3 is 9.64 Å². The van der Waals surface area contributed by atoms with Crippen molar-refractivity contribution in [2.45, 2.75) is 26.0 Å². The maximum absolute atomic E-state index is 13.9. The van der Waals surface area contributed by atoms with E-state index in [1.165, 1.54) is 12.1 Å². The van der Waals surface area contributed by atoms with Gasteiger partial charge in [-0.1, -0.05) is 31.5 Å². The van der Waals surface area contributed by atoms with Crippen molar-refractivity contribution in [3.63, 3.8) is 0 Å². The van der Waals surface area contributed by atoms with Crippen molar-refractivity contribution in [3.8, 4) is 5.75 Å². The van der Waals surface area contributed by atoms with Gasteiger partial charge in [-0.25, -0.2) is 8.78 Å². The lowest BCUT2D eigenvalue weighted by Gasteiger charge is -2.31. The van der Waals surface area contributed by atoms with Crippen LogP contribution in [0.4, 0.5) is 14.5 Å². The standard InChI is InChI=1S/C19H18F2N2O/c1-2-6-15-13-23(16-7-4-3-5-8-16)19(12-22-15)24-18-10-9-14(20)11-17(18)21/h3-5,7-13,19H,2,6H2,1H3. The lowest BCUT2D eigenvalue weighted by atomic mass is 10.2. The fraction of sp³-hybridized carbons (Fsp3) is 0.211. The Morgan fingerprint density at radius 2 is 1.92 bits per heavy atom. The van der Waals surface area contributed by atoms with Crippen LogP contribution in [0.25, 0.3) is 0 Å². The number of ether oxygens (including phenoxy) is 1. The van der Waals surface area contributed by atoms with Gasteiger partial charge in [0.2, 0.25) is 6.23 Å². The van der Waals surface area contributed by atoms with Crippen molar-refractivity contribution in [1.29, 1.82) is 0 Å². The van der Waals surface area contributed by atoms with Crippen molar-refractivity contribution >= 4 is 11.9 Å². The van der Waals surface area contributed by atoms with Crippen molar-refractivity contribution in [3.05, 3.63) is 72.1 Å². The summed E-state index contributed by atoms with van der Waals surface area (Å²) in [5, 5.41) is 0. The Kier molecular flexibility index (Phi) is 4.89. The molecule has 0 bridgehead atoms. The SMILES string of the molecule is CCCC1=CN(c2ccccc2)C(Oc2ccc(F)cc2F)C=N1. The van der Waals surface area contributed by atoms with Crippen LogP contribution in [0.1, 0.15) is 19.8 Å². The fourth-order valence-corrected chi connectivity index (χ4v) is 2.49. The Hall–Kier alpha value is -2.69. The van der Waals surface area contributed by atoms with Crippen LogP contribution in [-0.4, -0.2) is 12.4 Å². The van der Waals surface area contributed by atoms with Crippen LogP contribution in [0, 0.1) is 11.6 Å². The third-order valence-corrected chi connectivity index (χ3v) is 3.63. The summed E-state index contributed by atoms with van der Waals surface area (Å²) >= 11 is 0. The van der Waals surface area contributed by atoms with Crippen molar-refractivity contribution in [1.82, 2.24) is 0 Å². The number of rotatable bonds is 5. The summed E-state index contributed by atoms with van der Waals surface area (Å²) in [6.45, 7) is 2.08. The highest BCUT2D eigenvalue weighted by atomic mass is 19.1. The number of benzene rings is 2. The molecule has 0 saturated heterocycles. The molecular formula is C19H18F2N2O. The molecule has 1 aliphatic rings. The van der Waals surface area contributed by atoms with Crippen LogP contribution in [0.2, 0.25) is 0 Å². The molecule has 0 saturated carbocycles. The number of anilines is 1. The summed E-state index contributed by atoms with van der Waals surface area (Å²) in [4.78, 5) is 6.28. The number of aliphatic imine (C=N–C) groups is 1. The summed E-state index contributed by atoms with van der Waals surface area (Å²) in [7, 11) is 0. The van der Waals surface area contributed by atoms with Gasteiger partial charge in [0.05, 0.1) is 11.9 Å². The minimum absolute atomic E-state index is 0.0128. The summed E-state index contributed by atoms with van der Waals surface area (Å²) in [5.41, 5.74) is 1.84. The normalized spacial score (nSPS) is 16.9. The van der Waals surface area contributed by atoms with E-state index in [4.69, 9.17) is 4.74 Å². The molecule has 0 spiro atoms. The molecule has 5 heteroatoms. The minimum Gasteiger partial charge on any atom is -0.462 e. The van der Waals surface area contributed by atoms with Crippen LogP contribution >= 0.6 is 0 Å². The van der Waals surface area contributed by atoms with Crippen molar-refractivity contribution < 1.29 is 13.5 Å². The van der Waals surface area contributed by atoms with Crippen LogP contribution in [0.15, 0.2) is 65.4 Å². The third-order valence-electron chi connectivity index (χ3n) is 3.63. The molecule has 2 aromatic rings. The Labute approximate surface area is 139 Å². The number of hydrogen-bond acceptors (Lipinski definition) is 3. The lowest BCUT2D eigenvalue weighted by molar-refractivity contribution is 0.260. The summed E-state index contributed by atoms with van der Waals surface area (Å²) in [6, 6.07) is 12.9. The third kappa shape index (κ3) is 3.62. The summed E-state index contributed by atoms with van der Waals surface area (Å²) in [6.07, 6.45) is 4.76. The molecule has 1 unspecified atom stereocenters. The molecule has 1 heterocycles. The molecular weight excluding hydrogens is 310 g/mol. The number of hydrogen-bond donors (Lipinski definition) is 0. The van der Waals surface area contributed by atoms with Crippen molar-refractivity contribution in [2.24, 2.45) is 4.99 Å². The molecule has 1 atom stereocenters. The van der Waals surface area contributed by atoms with E-state index in [0.717, 1.165) is 30.3 Å². The van der Waals surface area contributed by atoms with Gasteiger partial charge in [0.15, 0.2) is 11.6 Å². The molecule has 24 heavy (non-hydrogen) atoms. The molecule has 3 nitrogen and oxygen atoms in total. The first-order valence-corrected chi connectivity index (χ1v) is 7.87. The number of nitrogens with zero attached hydrogens (tertiary/aromatic N) is 2. The highest BCUT2D eigenvalue weighted by Gasteiger charge is 2.22. The lowest BCUT2D eigenvalue weighted by Crippen LogP contribution is -2.39. The molecule has 0 fully saturated rings. The Balaban J connectivity index is 1.89. The van der Waals surface area contributed by atoms with Crippen LogP contribution in [0.3, 0.4) is 0 Å². The summed E-state index contributed by atoms with van der Waals surface area (Å²) in [5.74, 6) is -1.39. The first kappa shape index (κ1) is 16.2. The van der Waals surface area contributed by atoms with Crippen LogP contribution < -0.4 is 9.64 Å². The first-order valence-electron chi connectivity index (χ1n) is 7.87. The highest BCUT2D eigenvalue weighted by molar-refractivity contribution is 5.74. The average Bonchev–Trinajstić information content (AvgIpc) is 2.59. The molecule has 0 N–H and O–H groups in total. The predicted octanol–water partition coefficient (Wildman–Crippen LogP) is 4.90. The van der Waals surface area contributed by atoms with E-state index in [0.29, 0.717) is 0 Å². The van der Waals surface area contributed by atoms with Gasteiger partial charge in [0, 0.05) is 18.0 Å². The molecule has 3 rings (SSSR count). The zero-order chi connectivity index (χ0) is 16.9. The van der Waals surface area contributed by atoms with Crippen molar-refractivity contribution in [2.75, 3.05) is 4.90 Å². The van der Waals surface area contributed by atoms with E-state index in [9.17, 15) is 8.78 Å². The topological polar surface area (TPSA) is 24.8 Å². The fourth-order valence-electron chi connectivity index (χ4n) is 2.49. The number of para-hydroxylation sites is 1. The van der Waals surface area contributed by atoms with Gasteiger partial charge in [-0.2, -0.15) is 0 Å². The van der Waals surface area contributed by atoms with Gasteiger partial charge in [-0.3, -0.25) is 4.99 Å². The number of allylic oxidation sites excluding steroid dienone is 1. The molecule has 0 amide bonds. The average molecular weight is 328 g/mol. The zero-order valence-corrected chi connectivity index (χ0v) is 13.3. The van der Waals surface area contributed by atoms with E-state index in [1.54, 1.807) is 6.21 Å². The van der Waals surface area contributed by atoms with Gasteiger partial charge in [0.25, 0.3) is 0 Å². The second-order valence-corrected chi connectivity index (χ2v) is 5.47. The zero-order valence-electron chi connectivity index (χ0n) is 13.3. The predicted molar refractivity (Wildman–Crippen MR) is 91.2 cm³/mol. The van der Waals surface area contributed by atoms with E-state index in [2.05, 4.69) is 11.9 Å². The Morgan fingerprint density at radius 1 is 1.12 bits per heavy atom.